The van der Waals surface area contributed by atoms with Crippen molar-refractivity contribution in [2.24, 2.45) is 5.73 Å². The SMILES string of the molecule is COc1ccc2c(c1)c(C(CCCCCN)C(=O)Nc1c3c(nc4ccccc14)CCCC3)c(C)n2C(=O)c1ccc(Cl)cc1.Cl. The van der Waals surface area contributed by atoms with E-state index in [1.54, 1.807) is 35.9 Å². The summed E-state index contributed by atoms with van der Waals surface area (Å²) in [6.07, 6.45) is 7.20. The molecule has 6 rings (SSSR count). The van der Waals surface area contributed by atoms with Crippen molar-refractivity contribution in [3.05, 3.63) is 99.8 Å². The Morgan fingerprint density at radius 1 is 1.00 bits per heavy atom. The predicted octanol–water partition coefficient (Wildman–Crippen LogP) is 8.39. The van der Waals surface area contributed by atoms with E-state index in [2.05, 4.69) is 5.32 Å². The predicted molar refractivity (Wildman–Crippen MR) is 189 cm³/mol. The minimum absolute atomic E-state index is 0. The summed E-state index contributed by atoms with van der Waals surface area (Å²) in [6, 6.07) is 20.6. The van der Waals surface area contributed by atoms with Gasteiger partial charge in [-0.1, -0.05) is 42.6 Å². The van der Waals surface area contributed by atoms with E-state index in [1.807, 2.05) is 49.4 Å². The van der Waals surface area contributed by atoms with Gasteiger partial charge in [0.05, 0.1) is 29.7 Å². The van der Waals surface area contributed by atoms with Crippen molar-refractivity contribution in [3.63, 3.8) is 0 Å². The third kappa shape index (κ3) is 6.50. The summed E-state index contributed by atoms with van der Waals surface area (Å²) in [5.74, 6) is -0.114. The van der Waals surface area contributed by atoms with Crippen LogP contribution in [0.15, 0.2) is 66.7 Å². The van der Waals surface area contributed by atoms with Gasteiger partial charge in [0.15, 0.2) is 0 Å². The highest BCUT2D eigenvalue weighted by atomic mass is 35.5. The second-order valence-corrected chi connectivity index (χ2v) is 12.3. The molecular weight excluding hydrogens is 619 g/mol. The summed E-state index contributed by atoms with van der Waals surface area (Å²) in [7, 11) is 1.62. The van der Waals surface area contributed by atoms with E-state index in [-0.39, 0.29) is 24.2 Å². The van der Waals surface area contributed by atoms with Gasteiger partial charge in [-0.2, -0.15) is 0 Å². The molecule has 1 unspecified atom stereocenters. The molecule has 0 radical (unpaired) electrons. The standard InChI is InChI=1S/C37H39ClN4O3.ClH/c1-23-34(30-22-26(45-2)19-20-33(30)42(23)37(44)24-15-17-25(38)18-16-24)29(12-4-3-9-21-39)36(43)41-35-27-10-5-7-13-31(27)40-32-14-8-6-11-28(32)35;/h5,7,10,13,15-20,22,29H,3-4,6,8-9,11-12,14,21,39H2,1-2H3,(H,40,41,43);1H. The number of benzene rings is 3. The molecule has 1 aliphatic carbocycles. The molecule has 0 bridgehead atoms. The number of ether oxygens (including phenoxy) is 1. The fourth-order valence-electron chi connectivity index (χ4n) is 6.77. The van der Waals surface area contributed by atoms with E-state index in [9.17, 15) is 9.59 Å². The number of para-hydroxylation sites is 1. The van der Waals surface area contributed by atoms with E-state index in [0.717, 1.165) is 95.0 Å². The first kappa shape index (κ1) is 33.5. The van der Waals surface area contributed by atoms with E-state index in [4.69, 9.17) is 27.1 Å². The first-order valence-electron chi connectivity index (χ1n) is 15.8. The fourth-order valence-corrected chi connectivity index (χ4v) is 6.90. The van der Waals surface area contributed by atoms with Crippen molar-refractivity contribution in [1.82, 2.24) is 9.55 Å². The number of methoxy groups -OCH3 is 1. The molecule has 1 aliphatic rings. The minimum atomic E-state index is -0.511. The van der Waals surface area contributed by atoms with Crippen molar-refractivity contribution in [2.45, 2.75) is 64.2 Å². The molecule has 0 saturated carbocycles. The minimum Gasteiger partial charge on any atom is -0.497 e. The third-order valence-corrected chi connectivity index (χ3v) is 9.29. The van der Waals surface area contributed by atoms with Gasteiger partial charge in [-0.3, -0.25) is 19.1 Å². The molecule has 0 spiro atoms. The Balaban J connectivity index is 0.00000417. The Kier molecular flexibility index (Phi) is 10.7. The highest BCUT2D eigenvalue weighted by Crippen LogP contribution is 2.39. The molecule has 9 heteroatoms. The summed E-state index contributed by atoms with van der Waals surface area (Å²) in [5.41, 5.74) is 12.6. The summed E-state index contributed by atoms with van der Waals surface area (Å²) < 4.78 is 7.33. The maximum Gasteiger partial charge on any atom is 0.262 e. The number of hydrogen-bond donors (Lipinski definition) is 2. The van der Waals surface area contributed by atoms with Gasteiger partial charge < -0.3 is 15.8 Å². The maximum atomic E-state index is 14.6. The van der Waals surface area contributed by atoms with E-state index in [1.165, 1.54) is 0 Å². The number of unbranched alkanes of at least 4 members (excludes halogenated alkanes) is 2. The van der Waals surface area contributed by atoms with Crippen LogP contribution in [0.4, 0.5) is 5.69 Å². The Bertz CT molecular complexity index is 1880. The molecule has 5 aromatic rings. The lowest BCUT2D eigenvalue weighted by molar-refractivity contribution is -0.117. The van der Waals surface area contributed by atoms with E-state index >= 15 is 0 Å². The number of hydrogen-bond acceptors (Lipinski definition) is 5. The van der Waals surface area contributed by atoms with Crippen LogP contribution < -0.4 is 15.8 Å². The number of fused-ring (bicyclic) bond motifs is 3. The average molecular weight is 660 g/mol. The number of halogens is 2. The summed E-state index contributed by atoms with van der Waals surface area (Å²) in [5, 5.41) is 5.75. The van der Waals surface area contributed by atoms with Crippen LogP contribution in [0, 0.1) is 6.92 Å². The fraction of sp³-hybridized carbons (Fsp3) is 0.324. The Morgan fingerprint density at radius 2 is 1.76 bits per heavy atom. The number of amides is 1. The molecule has 46 heavy (non-hydrogen) atoms. The van der Waals surface area contributed by atoms with Gasteiger partial charge in [0.1, 0.15) is 5.75 Å². The summed E-state index contributed by atoms with van der Waals surface area (Å²) in [6.45, 7) is 2.54. The zero-order chi connectivity index (χ0) is 31.5. The lowest BCUT2D eigenvalue weighted by atomic mass is 9.89. The molecule has 0 fully saturated rings. The molecule has 0 saturated heterocycles. The van der Waals surface area contributed by atoms with Gasteiger partial charge >= 0.3 is 0 Å². The number of anilines is 1. The highest BCUT2D eigenvalue weighted by Gasteiger charge is 2.31. The van der Waals surface area contributed by atoms with Gasteiger partial charge in [0.25, 0.3) is 5.91 Å². The van der Waals surface area contributed by atoms with Crippen LogP contribution in [0.25, 0.3) is 21.8 Å². The van der Waals surface area contributed by atoms with Crippen molar-refractivity contribution >= 4 is 63.3 Å². The number of nitrogens with two attached hydrogens (primary N) is 1. The lowest BCUT2D eigenvalue weighted by Gasteiger charge is -2.24. The zero-order valence-electron chi connectivity index (χ0n) is 26.3. The number of carbonyl (C=O) groups excluding carboxylic acids is 2. The van der Waals surface area contributed by atoms with Crippen LogP contribution >= 0.6 is 24.0 Å². The van der Waals surface area contributed by atoms with Gasteiger partial charge in [0, 0.05) is 32.7 Å². The number of carbonyl (C=O) groups is 2. The molecule has 7 nitrogen and oxygen atoms in total. The Labute approximate surface area is 280 Å². The van der Waals surface area contributed by atoms with E-state index in [0.29, 0.717) is 29.3 Å². The van der Waals surface area contributed by atoms with E-state index < -0.39 is 5.92 Å². The smallest absolute Gasteiger partial charge is 0.262 e. The van der Waals surface area contributed by atoms with Crippen molar-refractivity contribution in [2.75, 3.05) is 19.0 Å². The van der Waals surface area contributed by atoms with Gasteiger partial charge in [0.2, 0.25) is 5.91 Å². The van der Waals surface area contributed by atoms with Gasteiger partial charge in [-0.15, -0.1) is 12.4 Å². The van der Waals surface area contributed by atoms with Crippen LogP contribution in [0.2, 0.25) is 5.02 Å². The topological polar surface area (TPSA) is 99.2 Å². The quantitative estimate of drug-likeness (QED) is 0.147. The Morgan fingerprint density at radius 3 is 2.52 bits per heavy atom. The van der Waals surface area contributed by atoms with Crippen molar-refractivity contribution < 1.29 is 14.3 Å². The van der Waals surface area contributed by atoms with Crippen molar-refractivity contribution in [1.29, 1.82) is 0 Å². The molecule has 3 N–H and O–H groups in total. The summed E-state index contributed by atoms with van der Waals surface area (Å²) >= 11 is 6.13. The number of rotatable bonds is 10. The number of aryl methyl sites for hydroxylation is 1. The second-order valence-electron chi connectivity index (χ2n) is 11.8. The molecular formula is C37H40Cl2N4O3. The first-order chi connectivity index (χ1) is 21.9. The monoisotopic (exact) mass is 658 g/mol. The van der Waals surface area contributed by atoms with Gasteiger partial charge in [-0.25, -0.2) is 0 Å². The second kappa shape index (κ2) is 14.7. The lowest BCUT2D eigenvalue weighted by Crippen LogP contribution is -2.24. The van der Waals surface area contributed by atoms with Crippen LogP contribution in [0.1, 0.15) is 77.3 Å². The normalized spacial score (nSPS) is 13.2. The molecule has 3 aromatic carbocycles. The number of nitrogens with one attached hydrogen (secondary N) is 1. The number of aromatic nitrogens is 2. The molecule has 2 heterocycles. The third-order valence-electron chi connectivity index (χ3n) is 9.03. The molecule has 1 atom stereocenters. The zero-order valence-corrected chi connectivity index (χ0v) is 27.8. The largest absolute Gasteiger partial charge is 0.497 e. The van der Waals surface area contributed by atoms with Crippen LogP contribution in [0.5, 0.6) is 5.75 Å². The van der Waals surface area contributed by atoms with Gasteiger partial charge in [-0.05, 0) is 112 Å². The highest BCUT2D eigenvalue weighted by molar-refractivity contribution is 6.30. The average Bonchev–Trinajstić information content (AvgIpc) is 3.35. The number of pyridine rings is 1. The first-order valence-corrected chi connectivity index (χ1v) is 16.2. The molecule has 0 aliphatic heterocycles. The molecule has 240 valence electrons. The maximum absolute atomic E-state index is 14.6. The Hall–Kier alpha value is -3.91. The molecule has 1 amide bonds. The van der Waals surface area contributed by atoms with Crippen LogP contribution in [-0.4, -0.2) is 35.0 Å². The van der Waals surface area contributed by atoms with Crippen molar-refractivity contribution in [3.8, 4) is 5.75 Å². The van der Waals surface area contributed by atoms with Crippen LogP contribution in [0.3, 0.4) is 0 Å². The number of nitrogens with zero attached hydrogens (tertiary/aromatic N) is 2. The molecule has 2 aromatic heterocycles. The summed E-state index contributed by atoms with van der Waals surface area (Å²) in [4.78, 5) is 33.6. The van der Waals surface area contributed by atoms with Crippen LogP contribution in [-0.2, 0) is 17.6 Å².